The van der Waals surface area contributed by atoms with Crippen molar-refractivity contribution in [2.75, 3.05) is 26.2 Å². The highest BCUT2D eigenvalue weighted by molar-refractivity contribution is 14.0. The highest BCUT2D eigenvalue weighted by Crippen LogP contribution is 2.28. The molecule has 1 aliphatic rings. The summed E-state index contributed by atoms with van der Waals surface area (Å²) in [5.74, 6) is 1.44. The number of benzene rings is 2. The summed E-state index contributed by atoms with van der Waals surface area (Å²) >= 11 is 0. The highest BCUT2D eigenvalue weighted by atomic mass is 127. The van der Waals surface area contributed by atoms with Gasteiger partial charge in [-0.2, -0.15) is 0 Å². The van der Waals surface area contributed by atoms with Gasteiger partial charge in [0.15, 0.2) is 5.96 Å². The van der Waals surface area contributed by atoms with Crippen LogP contribution in [0.5, 0.6) is 5.75 Å². The fourth-order valence-electron chi connectivity index (χ4n) is 3.10. The van der Waals surface area contributed by atoms with E-state index in [1.807, 2.05) is 31.2 Å². The number of fused-ring (bicyclic) bond motifs is 1. The van der Waals surface area contributed by atoms with E-state index in [2.05, 4.69) is 20.3 Å². The molecule has 32 heavy (non-hydrogen) atoms. The number of halogens is 1. The first-order valence-corrected chi connectivity index (χ1v) is 11.4. The zero-order valence-corrected chi connectivity index (χ0v) is 20.6. The Kier molecular flexibility index (Phi) is 9.65. The lowest BCUT2D eigenvalue weighted by molar-refractivity contribution is -0.385. The Balaban J connectivity index is 0.00000363. The minimum atomic E-state index is -3.86. The molecule has 1 atom stereocenters. The van der Waals surface area contributed by atoms with E-state index in [9.17, 15) is 18.5 Å². The molecule has 174 valence electrons. The third-order valence-corrected chi connectivity index (χ3v) is 6.02. The molecule has 0 amide bonds. The van der Waals surface area contributed by atoms with Gasteiger partial charge in [-0.25, -0.2) is 18.1 Å². The Morgan fingerprint density at radius 1 is 1.19 bits per heavy atom. The van der Waals surface area contributed by atoms with Gasteiger partial charge in [0.1, 0.15) is 11.9 Å². The van der Waals surface area contributed by atoms with Gasteiger partial charge in [0.05, 0.1) is 16.4 Å². The number of non-ortho nitro benzene ring substituents is 1. The van der Waals surface area contributed by atoms with Crippen molar-refractivity contribution in [3.05, 3.63) is 64.2 Å². The number of sulfonamides is 1. The molecule has 0 fully saturated rings. The minimum absolute atomic E-state index is 0. The maximum atomic E-state index is 12.4. The lowest BCUT2D eigenvalue weighted by Crippen LogP contribution is -2.42. The monoisotopic (exact) mass is 575 g/mol. The van der Waals surface area contributed by atoms with Crippen molar-refractivity contribution in [2.45, 2.75) is 24.3 Å². The number of para-hydroxylation sites is 1. The first kappa shape index (κ1) is 25.8. The average molecular weight is 575 g/mol. The first-order chi connectivity index (χ1) is 14.9. The van der Waals surface area contributed by atoms with Gasteiger partial charge in [-0.05, 0) is 24.6 Å². The van der Waals surface area contributed by atoms with Gasteiger partial charge in [-0.3, -0.25) is 10.1 Å². The molecule has 0 aliphatic carbocycles. The van der Waals surface area contributed by atoms with Crippen LogP contribution in [0.15, 0.2) is 58.4 Å². The number of hydrogen-bond donors (Lipinski definition) is 3. The molecule has 0 spiro atoms. The lowest BCUT2D eigenvalue weighted by Gasteiger charge is -2.13. The highest BCUT2D eigenvalue weighted by Gasteiger charge is 2.22. The summed E-state index contributed by atoms with van der Waals surface area (Å²) in [4.78, 5) is 14.6. The summed E-state index contributed by atoms with van der Waals surface area (Å²) < 4.78 is 33.0. The van der Waals surface area contributed by atoms with E-state index < -0.39 is 14.9 Å². The summed E-state index contributed by atoms with van der Waals surface area (Å²) in [5, 5.41) is 17.0. The molecule has 3 N–H and O–H groups in total. The fraction of sp³-hybridized carbons (Fsp3) is 0.350. The Morgan fingerprint density at radius 3 is 2.69 bits per heavy atom. The van der Waals surface area contributed by atoms with Crippen LogP contribution in [0, 0.1) is 10.1 Å². The normalized spacial score (nSPS) is 15.3. The SMILES string of the molecule is CCNC(=NCC1Cc2ccccc2O1)NCCNS(=O)(=O)c1cccc([N+](=O)[O-])c1.I. The summed E-state index contributed by atoms with van der Waals surface area (Å²) in [6.07, 6.45) is 0.752. The van der Waals surface area contributed by atoms with E-state index >= 15 is 0 Å². The molecule has 0 radical (unpaired) electrons. The summed E-state index contributed by atoms with van der Waals surface area (Å²) in [7, 11) is -3.86. The molecule has 3 rings (SSSR count). The Hall–Kier alpha value is -2.45. The third kappa shape index (κ3) is 7.03. The summed E-state index contributed by atoms with van der Waals surface area (Å²) in [6.45, 7) is 3.41. The van der Waals surface area contributed by atoms with Gasteiger partial charge in [0.2, 0.25) is 10.0 Å². The van der Waals surface area contributed by atoms with Crippen LogP contribution in [0.1, 0.15) is 12.5 Å². The van der Waals surface area contributed by atoms with Gasteiger partial charge < -0.3 is 15.4 Å². The number of rotatable bonds is 9. The molecule has 2 aromatic carbocycles. The second kappa shape index (κ2) is 12.0. The van der Waals surface area contributed by atoms with Crippen molar-refractivity contribution in [3.8, 4) is 5.75 Å². The van der Waals surface area contributed by atoms with Crippen molar-refractivity contribution in [1.29, 1.82) is 0 Å². The van der Waals surface area contributed by atoms with Crippen LogP contribution in [0.4, 0.5) is 5.69 Å². The predicted octanol–water partition coefficient (Wildman–Crippen LogP) is 2.05. The topological polar surface area (TPSA) is 135 Å². The van der Waals surface area contributed by atoms with Crippen LogP contribution in [0.3, 0.4) is 0 Å². The predicted molar refractivity (Wildman–Crippen MR) is 132 cm³/mol. The number of ether oxygens (including phenoxy) is 1. The number of nitro groups is 1. The van der Waals surface area contributed by atoms with Crippen molar-refractivity contribution >= 4 is 45.6 Å². The van der Waals surface area contributed by atoms with Crippen LogP contribution in [0.25, 0.3) is 0 Å². The second-order valence-corrected chi connectivity index (χ2v) is 8.62. The van der Waals surface area contributed by atoms with Gasteiger partial charge in [0.25, 0.3) is 5.69 Å². The van der Waals surface area contributed by atoms with E-state index in [0.717, 1.165) is 23.8 Å². The molecule has 0 saturated heterocycles. The molecule has 1 heterocycles. The number of nitrogens with one attached hydrogen (secondary N) is 3. The smallest absolute Gasteiger partial charge is 0.270 e. The molecular weight excluding hydrogens is 549 g/mol. The molecule has 1 aliphatic heterocycles. The van der Waals surface area contributed by atoms with Crippen LogP contribution in [-0.4, -0.2) is 51.6 Å². The van der Waals surface area contributed by atoms with E-state index in [1.54, 1.807) is 0 Å². The number of hydrogen-bond acceptors (Lipinski definition) is 6. The van der Waals surface area contributed by atoms with Gasteiger partial charge in [-0.15, -0.1) is 24.0 Å². The van der Waals surface area contributed by atoms with Gasteiger partial charge >= 0.3 is 0 Å². The van der Waals surface area contributed by atoms with E-state index in [0.29, 0.717) is 19.0 Å². The van der Waals surface area contributed by atoms with Crippen molar-refractivity contribution in [3.63, 3.8) is 0 Å². The average Bonchev–Trinajstić information content (AvgIpc) is 3.18. The van der Waals surface area contributed by atoms with Crippen LogP contribution >= 0.6 is 24.0 Å². The second-order valence-electron chi connectivity index (χ2n) is 6.85. The zero-order chi connectivity index (χ0) is 22.3. The lowest BCUT2D eigenvalue weighted by atomic mass is 10.1. The Bertz CT molecular complexity index is 1040. The molecule has 2 aromatic rings. The molecule has 12 heteroatoms. The number of guanidine groups is 1. The van der Waals surface area contributed by atoms with Crippen LogP contribution in [0.2, 0.25) is 0 Å². The maximum Gasteiger partial charge on any atom is 0.270 e. The van der Waals surface area contributed by atoms with Crippen molar-refractivity contribution in [2.24, 2.45) is 4.99 Å². The molecule has 1 unspecified atom stereocenters. The van der Waals surface area contributed by atoms with E-state index in [-0.39, 0.29) is 53.8 Å². The van der Waals surface area contributed by atoms with E-state index in [4.69, 9.17) is 4.74 Å². The molecule has 0 saturated carbocycles. The zero-order valence-electron chi connectivity index (χ0n) is 17.5. The van der Waals surface area contributed by atoms with Crippen molar-refractivity contribution in [1.82, 2.24) is 15.4 Å². The molecular formula is C20H26IN5O5S. The summed E-state index contributed by atoms with van der Waals surface area (Å²) in [6, 6.07) is 12.8. The number of nitrogens with zero attached hydrogens (tertiary/aromatic N) is 2. The Labute approximate surface area is 204 Å². The standard InChI is InChI=1S/C20H25N5O5S.HI/c1-2-21-20(23-14-17-12-15-6-3-4-9-19(15)30-17)22-10-11-24-31(28,29)18-8-5-7-16(13-18)25(26)27;/h3-9,13,17,24H,2,10-12,14H2,1H3,(H2,21,22,23);1H. The van der Waals surface area contributed by atoms with Crippen LogP contribution in [-0.2, 0) is 16.4 Å². The molecule has 10 nitrogen and oxygen atoms in total. The van der Waals surface area contributed by atoms with Crippen molar-refractivity contribution < 1.29 is 18.1 Å². The quantitative estimate of drug-likeness (QED) is 0.104. The van der Waals surface area contributed by atoms with E-state index in [1.165, 1.54) is 18.2 Å². The minimum Gasteiger partial charge on any atom is -0.488 e. The fourth-order valence-corrected chi connectivity index (χ4v) is 4.18. The Morgan fingerprint density at radius 2 is 1.97 bits per heavy atom. The summed E-state index contributed by atoms with van der Waals surface area (Å²) in [5.41, 5.74) is 0.884. The largest absolute Gasteiger partial charge is 0.488 e. The third-order valence-electron chi connectivity index (χ3n) is 4.56. The molecule has 0 aromatic heterocycles. The van der Waals surface area contributed by atoms with Gasteiger partial charge in [-0.1, -0.05) is 24.3 Å². The van der Waals surface area contributed by atoms with Crippen LogP contribution < -0.4 is 20.1 Å². The maximum absolute atomic E-state index is 12.4. The molecule has 0 bridgehead atoms. The number of aliphatic imine (C=N–C) groups is 1. The number of nitro benzene ring substituents is 1. The first-order valence-electron chi connectivity index (χ1n) is 9.90. The van der Waals surface area contributed by atoms with Gasteiger partial charge in [0, 0.05) is 38.2 Å².